The third-order valence-corrected chi connectivity index (χ3v) is 4.18. The summed E-state index contributed by atoms with van der Waals surface area (Å²) < 4.78 is 2.02. The standard InChI is InChI=1S/C15H16N6O/c22-15(11-3-4-13-14(8-11)18-19-17-13)21-6-1-2-12(21)9-20-7-5-16-10-20/h3-5,7-8,10,12H,1-2,6,9H2,(H,17,18,19)/t12-/m1/s1. The van der Waals surface area contributed by atoms with Crippen molar-refractivity contribution in [3.8, 4) is 0 Å². The lowest BCUT2D eigenvalue weighted by molar-refractivity contribution is 0.0724. The molecule has 1 atom stereocenters. The van der Waals surface area contributed by atoms with Crippen molar-refractivity contribution in [2.45, 2.75) is 25.4 Å². The molecule has 0 aliphatic carbocycles. The van der Waals surface area contributed by atoms with Crippen LogP contribution >= 0.6 is 0 Å². The molecule has 0 unspecified atom stereocenters. The van der Waals surface area contributed by atoms with Crippen molar-refractivity contribution < 1.29 is 4.79 Å². The molecule has 7 heteroatoms. The van der Waals surface area contributed by atoms with Gasteiger partial charge in [-0.05, 0) is 31.0 Å². The average molecular weight is 296 g/mol. The van der Waals surface area contributed by atoms with E-state index < -0.39 is 0 Å². The Hall–Kier alpha value is -2.70. The monoisotopic (exact) mass is 296 g/mol. The molecule has 22 heavy (non-hydrogen) atoms. The number of hydrogen-bond donors (Lipinski definition) is 1. The van der Waals surface area contributed by atoms with Crippen LogP contribution in [-0.4, -0.2) is 48.4 Å². The highest BCUT2D eigenvalue weighted by molar-refractivity contribution is 5.97. The maximum Gasteiger partial charge on any atom is 0.254 e. The number of fused-ring (bicyclic) bond motifs is 1. The SMILES string of the molecule is O=C(c1ccc2n[nH]nc2c1)N1CCC[C@@H]1Cn1ccnc1. The van der Waals surface area contributed by atoms with E-state index in [2.05, 4.69) is 20.4 Å². The van der Waals surface area contributed by atoms with E-state index in [1.54, 1.807) is 18.6 Å². The van der Waals surface area contributed by atoms with Gasteiger partial charge in [0.05, 0.1) is 6.33 Å². The second-order valence-corrected chi connectivity index (χ2v) is 5.58. The van der Waals surface area contributed by atoms with Gasteiger partial charge in [-0.15, -0.1) is 0 Å². The predicted octanol–water partition coefficient (Wildman–Crippen LogP) is 1.46. The van der Waals surface area contributed by atoms with Crippen molar-refractivity contribution in [2.24, 2.45) is 0 Å². The zero-order valence-corrected chi connectivity index (χ0v) is 12.0. The highest BCUT2D eigenvalue weighted by Gasteiger charge is 2.29. The largest absolute Gasteiger partial charge is 0.335 e. The summed E-state index contributed by atoms with van der Waals surface area (Å²) in [5, 5.41) is 10.6. The molecule has 3 heterocycles. The number of carbonyl (C=O) groups is 1. The molecule has 2 aromatic heterocycles. The van der Waals surface area contributed by atoms with Gasteiger partial charge in [-0.1, -0.05) is 0 Å². The van der Waals surface area contributed by atoms with Gasteiger partial charge in [0.15, 0.2) is 0 Å². The van der Waals surface area contributed by atoms with Gasteiger partial charge < -0.3 is 9.47 Å². The second kappa shape index (κ2) is 5.25. The minimum absolute atomic E-state index is 0.0625. The molecule has 0 radical (unpaired) electrons. The summed E-state index contributed by atoms with van der Waals surface area (Å²) in [6, 6.07) is 5.66. The number of benzene rings is 1. The zero-order chi connectivity index (χ0) is 14.9. The van der Waals surface area contributed by atoms with E-state index in [0.29, 0.717) is 5.56 Å². The van der Waals surface area contributed by atoms with Crippen molar-refractivity contribution in [3.63, 3.8) is 0 Å². The Morgan fingerprint density at radius 1 is 1.32 bits per heavy atom. The van der Waals surface area contributed by atoms with Gasteiger partial charge >= 0.3 is 0 Å². The van der Waals surface area contributed by atoms with Crippen LogP contribution in [0.1, 0.15) is 23.2 Å². The van der Waals surface area contributed by atoms with E-state index in [1.165, 1.54) is 0 Å². The molecule has 0 spiro atoms. The molecule has 1 aliphatic rings. The fourth-order valence-electron chi connectivity index (χ4n) is 3.07. The quantitative estimate of drug-likeness (QED) is 0.793. The van der Waals surface area contributed by atoms with Crippen LogP contribution in [-0.2, 0) is 6.54 Å². The van der Waals surface area contributed by atoms with E-state index in [0.717, 1.165) is 37.0 Å². The van der Waals surface area contributed by atoms with Crippen molar-refractivity contribution in [1.82, 2.24) is 29.9 Å². The number of likely N-dealkylation sites (tertiary alicyclic amines) is 1. The van der Waals surface area contributed by atoms with E-state index in [4.69, 9.17) is 0 Å². The Balaban J connectivity index is 1.57. The number of hydrogen-bond acceptors (Lipinski definition) is 4. The normalized spacial score (nSPS) is 18.2. The molecule has 1 aromatic carbocycles. The molecule has 0 bridgehead atoms. The summed E-state index contributed by atoms with van der Waals surface area (Å²) in [7, 11) is 0. The van der Waals surface area contributed by atoms with Crippen LogP contribution in [0.15, 0.2) is 36.9 Å². The van der Waals surface area contributed by atoms with Crippen molar-refractivity contribution >= 4 is 16.9 Å². The first-order valence-corrected chi connectivity index (χ1v) is 7.38. The number of H-pyrrole nitrogens is 1. The topological polar surface area (TPSA) is 79.7 Å². The van der Waals surface area contributed by atoms with Crippen LogP contribution in [0.3, 0.4) is 0 Å². The van der Waals surface area contributed by atoms with Gasteiger partial charge in [-0.3, -0.25) is 4.79 Å². The van der Waals surface area contributed by atoms with Gasteiger partial charge in [0.25, 0.3) is 5.91 Å². The summed E-state index contributed by atoms with van der Waals surface area (Å²) in [6.07, 6.45) is 7.55. The van der Waals surface area contributed by atoms with Gasteiger partial charge in [0, 0.05) is 37.1 Å². The van der Waals surface area contributed by atoms with Gasteiger partial charge in [0.1, 0.15) is 11.0 Å². The van der Waals surface area contributed by atoms with Gasteiger partial charge in [0.2, 0.25) is 0 Å². The first-order chi connectivity index (χ1) is 10.8. The summed E-state index contributed by atoms with van der Waals surface area (Å²) in [6.45, 7) is 1.59. The third kappa shape index (κ3) is 2.24. The number of carbonyl (C=O) groups excluding carboxylic acids is 1. The fourth-order valence-corrected chi connectivity index (χ4v) is 3.07. The van der Waals surface area contributed by atoms with Crippen LogP contribution in [0.2, 0.25) is 0 Å². The Kier molecular flexibility index (Phi) is 3.10. The Morgan fingerprint density at radius 3 is 3.09 bits per heavy atom. The fraction of sp³-hybridized carbons (Fsp3) is 0.333. The molecule has 1 N–H and O–H groups in total. The Bertz CT molecular complexity index is 793. The number of aromatic nitrogens is 5. The molecule has 1 aliphatic heterocycles. The zero-order valence-electron chi connectivity index (χ0n) is 12.0. The van der Waals surface area contributed by atoms with E-state index in [-0.39, 0.29) is 11.9 Å². The number of nitrogens with zero attached hydrogens (tertiary/aromatic N) is 5. The number of aromatic amines is 1. The Labute approximate surface area is 126 Å². The van der Waals surface area contributed by atoms with E-state index in [9.17, 15) is 4.79 Å². The maximum absolute atomic E-state index is 12.8. The molecule has 1 fully saturated rings. The number of amides is 1. The minimum Gasteiger partial charge on any atom is -0.335 e. The lowest BCUT2D eigenvalue weighted by atomic mass is 10.1. The Morgan fingerprint density at radius 2 is 2.23 bits per heavy atom. The molecule has 7 nitrogen and oxygen atoms in total. The highest BCUT2D eigenvalue weighted by atomic mass is 16.2. The number of rotatable bonds is 3. The first kappa shape index (κ1) is 13.0. The predicted molar refractivity (Wildman–Crippen MR) is 80.2 cm³/mol. The molecule has 3 aromatic rings. The van der Waals surface area contributed by atoms with Crippen LogP contribution in [0.5, 0.6) is 0 Å². The molecule has 1 saturated heterocycles. The van der Waals surface area contributed by atoms with Crippen molar-refractivity contribution in [2.75, 3.05) is 6.54 Å². The highest BCUT2D eigenvalue weighted by Crippen LogP contribution is 2.22. The van der Waals surface area contributed by atoms with Crippen LogP contribution in [0.4, 0.5) is 0 Å². The molecular weight excluding hydrogens is 280 g/mol. The van der Waals surface area contributed by atoms with Gasteiger partial charge in [-0.2, -0.15) is 15.4 Å². The average Bonchev–Trinajstić information content (AvgIpc) is 3.27. The lowest BCUT2D eigenvalue weighted by Gasteiger charge is -2.25. The first-order valence-electron chi connectivity index (χ1n) is 7.38. The molecule has 0 saturated carbocycles. The number of imidazole rings is 1. The lowest BCUT2D eigenvalue weighted by Crippen LogP contribution is -2.37. The summed E-state index contributed by atoms with van der Waals surface area (Å²) in [5.41, 5.74) is 2.16. The van der Waals surface area contributed by atoms with Crippen LogP contribution < -0.4 is 0 Å². The maximum atomic E-state index is 12.8. The molecule has 4 rings (SSSR count). The van der Waals surface area contributed by atoms with Crippen LogP contribution in [0, 0.1) is 0 Å². The smallest absolute Gasteiger partial charge is 0.254 e. The summed E-state index contributed by atoms with van der Waals surface area (Å²) in [4.78, 5) is 18.8. The van der Waals surface area contributed by atoms with E-state index >= 15 is 0 Å². The molecular formula is C15H16N6O. The third-order valence-electron chi connectivity index (χ3n) is 4.18. The van der Waals surface area contributed by atoms with E-state index in [1.807, 2.05) is 27.8 Å². The minimum atomic E-state index is 0.0625. The molecule has 1 amide bonds. The summed E-state index contributed by atoms with van der Waals surface area (Å²) in [5.74, 6) is 0.0625. The second-order valence-electron chi connectivity index (χ2n) is 5.58. The van der Waals surface area contributed by atoms with Gasteiger partial charge in [-0.25, -0.2) is 4.98 Å². The van der Waals surface area contributed by atoms with Crippen molar-refractivity contribution in [1.29, 1.82) is 0 Å². The number of nitrogens with one attached hydrogen (secondary N) is 1. The molecule has 112 valence electrons. The van der Waals surface area contributed by atoms with Crippen molar-refractivity contribution in [3.05, 3.63) is 42.5 Å². The van der Waals surface area contributed by atoms with Crippen LogP contribution in [0.25, 0.3) is 11.0 Å². The summed E-state index contributed by atoms with van der Waals surface area (Å²) >= 11 is 0.